The van der Waals surface area contributed by atoms with Crippen molar-refractivity contribution in [2.75, 3.05) is 23.3 Å². The van der Waals surface area contributed by atoms with Crippen molar-refractivity contribution in [3.63, 3.8) is 0 Å². The molecule has 0 radical (unpaired) electrons. The van der Waals surface area contributed by atoms with Gasteiger partial charge >= 0.3 is 5.97 Å². The Morgan fingerprint density at radius 3 is 2.63 bits per heavy atom. The number of nitrogens with one attached hydrogen (secondary N) is 1. The summed E-state index contributed by atoms with van der Waals surface area (Å²) in [7, 11) is 1.55. The fourth-order valence-electron chi connectivity index (χ4n) is 3.34. The van der Waals surface area contributed by atoms with Crippen molar-refractivity contribution in [2.24, 2.45) is 7.05 Å². The number of fused-ring (bicyclic) bond motifs is 1. The number of carboxylic acid groups (broad SMARTS) is 1. The van der Waals surface area contributed by atoms with E-state index in [0.29, 0.717) is 16.7 Å². The van der Waals surface area contributed by atoms with E-state index in [4.69, 9.17) is 4.63 Å². The first-order valence-corrected chi connectivity index (χ1v) is 8.63. The van der Waals surface area contributed by atoms with Gasteiger partial charge in [-0.25, -0.2) is 9.42 Å². The van der Waals surface area contributed by atoms with Gasteiger partial charge in [-0.05, 0) is 41.7 Å². The van der Waals surface area contributed by atoms with Gasteiger partial charge in [0.1, 0.15) is 5.56 Å². The highest BCUT2D eigenvalue weighted by atomic mass is 16.6. The van der Waals surface area contributed by atoms with E-state index in [9.17, 15) is 14.7 Å². The molecule has 1 fully saturated rings. The van der Waals surface area contributed by atoms with Crippen molar-refractivity contribution < 1.29 is 19.3 Å². The molecule has 2 N–H and O–H groups in total. The minimum Gasteiger partial charge on any atom is -0.478 e. The van der Waals surface area contributed by atoms with Gasteiger partial charge < -0.3 is 15.3 Å². The molecule has 3 aromatic rings. The zero-order valence-electron chi connectivity index (χ0n) is 14.7. The molecule has 0 aliphatic carbocycles. The second-order valence-electron chi connectivity index (χ2n) is 6.47. The molecule has 0 saturated carbocycles. The molecule has 27 heavy (non-hydrogen) atoms. The first-order chi connectivity index (χ1) is 13.0. The second kappa shape index (κ2) is 6.71. The van der Waals surface area contributed by atoms with Crippen LogP contribution in [0.3, 0.4) is 0 Å². The van der Waals surface area contributed by atoms with Crippen LogP contribution < -0.4 is 10.2 Å². The summed E-state index contributed by atoms with van der Waals surface area (Å²) < 4.78 is 6.18. The Bertz CT molecular complexity index is 1020. The maximum absolute atomic E-state index is 12.6. The number of hydrogen-bond acceptors (Lipinski definition) is 7. The average molecular weight is 370 g/mol. The van der Waals surface area contributed by atoms with Gasteiger partial charge in [-0.2, -0.15) is 5.10 Å². The smallest absolute Gasteiger partial charge is 0.339 e. The largest absolute Gasteiger partial charge is 0.478 e. The Kier molecular flexibility index (Phi) is 4.22. The van der Waals surface area contributed by atoms with Gasteiger partial charge in [0.25, 0.3) is 5.91 Å². The molecule has 0 atom stereocenters. The third kappa shape index (κ3) is 3.09. The van der Waals surface area contributed by atoms with Crippen LogP contribution in [-0.4, -0.2) is 50.2 Å². The van der Waals surface area contributed by atoms with E-state index in [1.165, 1.54) is 17.3 Å². The molecule has 0 unspecified atom stereocenters. The number of piperidine rings is 1. The maximum atomic E-state index is 12.6. The molecule has 0 spiro atoms. The highest BCUT2D eigenvalue weighted by molar-refractivity contribution is 6.12. The fourth-order valence-corrected chi connectivity index (χ4v) is 3.34. The highest BCUT2D eigenvalue weighted by Crippen LogP contribution is 2.31. The Morgan fingerprint density at radius 1 is 1.15 bits per heavy atom. The Morgan fingerprint density at radius 2 is 1.89 bits per heavy atom. The summed E-state index contributed by atoms with van der Waals surface area (Å²) in [6.45, 7) is 1.87. The number of carbonyl (C=O) groups excluding carboxylic acids is 1. The zero-order chi connectivity index (χ0) is 19.0. The van der Waals surface area contributed by atoms with Crippen molar-refractivity contribution in [3.05, 3.63) is 29.6 Å². The molecular weight excluding hydrogens is 352 g/mol. The Balaban J connectivity index is 1.66. The molecule has 1 saturated heterocycles. The molecule has 0 bridgehead atoms. The third-order valence-electron chi connectivity index (χ3n) is 4.61. The van der Waals surface area contributed by atoms with Crippen molar-refractivity contribution >= 4 is 34.3 Å². The van der Waals surface area contributed by atoms with E-state index >= 15 is 0 Å². The van der Waals surface area contributed by atoms with Gasteiger partial charge in [0.2, 0.25) is 0 Å². The van der Waals surface area contributed by atoms with Crippen LogP contribution >= 0.6 is 0 Å². The van der Waals surface area contributed by atoms with Crippen molar-refractivity contribution in [3.8, 4) is 0 Å². The molecular formula is C17H18N6O4. The van der Waals surface area contributed by atoms with Crippen LogP contribution in [0.2, 0.25) is 0 Å². The molecule has 1 aliphatic rings. The number of rotatable bonds is 4. The lowest BCUT2D eigenvalue weighted by molar-refractivity contribution is 0.0692. The molecule has 1 amide bonds. The number of aromatic carboxylic acids is 1. The third-order valence-corrected chi connectivity index (χ3v) is 4.61. The number of anilines is 2. The molecule has 10 nitrogen and oxygen atoms in total. The Hall–Kier alpha value is -3.43. The predicted octanol–water partition coefficient (Wildman–Crippen LogP) is 1.90. The summed E-state index contributed by atoms with van der Waals surface area (Å²) in [5, 5.41) is 23.8. The van der Waals surface area contributed by atoms with Crippen LogP contribution in [0.15, 0.2) is 23.0 Å². The summed E-state index contributed by atoms with van der Waals surface area (Å²) in [6.07, 6.45) is 4.72. The van der Waals surface area contributed by atoms with Crippen LogP contribution in [0.5, 0.6) is 0 Å². The first kappa shape index (κ1) is 17.0. The van der Waals surface area contributed by atoms with E-state index in [0.717, 1.165) is 31.6 Å². The van der Waals surface area contributed by atoms with Gasteiger partial charge in [0.05, 0.1) is 11.4 Å². The molecule has 2 aromatic heterocycles. The van der Waals surface area contributed by atoms with Gasteiger partial charge in [-0.3, -0.25) is 9.48 Å². The zero-order valence-corrected chi connectivity index (χ0v) is 14.7. The minimum absolute atomic E-state index is 0.172. The van der Waals surface area contributed by atoms with E-state index in [-0.39, 0.29) is 11.3 Å². The van der Waals surface area contributed by atoms with E-state index < -0.39 is 11.9 Å². The van der Waals surface area contributed by atoms with Gasteiger partial charge in [-0.15, -0.1) is 0 Å². The highest BCUT2D eigenvalue weighted by Gasteiger charge is 2.24. The molecule has 4 rings (SSSR count). The van der Waals surface area contributed by atoms with Crippen LogP contribution in [0.4, 0.5) is 11.4 Å². The quantitative estimate of drug-likeness (QED) is 0.713. The van der Waals surface area contributed by atoms with Crippen LogP contribution in [0.1, 0.15) is 40.1 Å². The average Bonchev–Trinajstić information content (AvgIpc) is 3.30. The molecule has 1 aliphatic heterocycles. The number of aromatic nitrogens is 4. The fraction of sp³-hybridized carbons (Fsp3) is 0.353. The van der Waals surface area contributed by atoms with Gasteiger partial charge in [0, 0.05) is 26.3 Å². The lowest BCUT2D eigenvalue weighted by atomic mass is 10.1. The summed E-state index contributed by atoms with van der Waals surface area (Å²) in [6, 6.07) is 3.59. The lowest BCUT2D eigenvalue weighted by Crippen LogP contribution is -2.29. The number of hydrogen-bond donors (Lipinski definition) is 2. The SMILES string of the molecule is Cn1cc(C(=O)O)c(C(=O)Nc2ccc(N3CCCCC3)c3nonc23)n1. The topological polar surface area (TPSA) is 126 Å². The summed E-state index contributed by atoms with van der Waals surface area (Å²) in [4.78, 5) is 26.1. The van der Waals surface area contributed by atoms with Crippen molar-refractivity contribution in [1.29, 1.82) is 0 Å². The van der Waals surface area contributed by atoms with Gasteiger partial charge in [-0.1, -0.05) is 0 Å². The second-order valence-corrected chi connectivity index (χ2v) is 6.47. The summed E-state index contributed by atoms with van der Waals surface area (Å²) >= 11 is 0. The first-order valence-electron chi connectivity index (χ1n) is 8.63. The van der Waals surface area contributed by atoms with Crippen LogP contribution in [0.25, 0.3) is 11.0 Å². The molecule has 140 valence electrons. The summed E-state index contributed by atoms with van der Waals surface area (Å²) in [5.74, 6) is -1.86. The predicted molar refractivity (Wildman–Crippen MR) is 96.0 cm³/mol. The van der Waals surface area contributed by atoms with Crippen LogP contribution in [-0.2, 0) is 7.05 Å². The number of benzene rings is 1. The number of amides is 1. The van der Waals surface area contributed by atoms with E-state index in [1.54, 1.807) is 13.1 Å². The van der Waals surface area contributed by atoms with Gasteiger partial charge in [0.15, 0.2) is 16.7 Å². The molecule has 3 heterocycles. The van der Waals surface area contributed by atoms with Crippen molar-refractivity contribution in [1.82, 2.24) is 20.1 Å². The Labute approximate surface area is 153 Å². The molecule has 10 heteroatoms. The number of carboxylic acids is 1. The monoisotopic (exact) mass is 370 g/mol. The normalized spacial score (nSPS) is 14.5. The van der Waals surface area contributed by atoms with E-state index in [2.05, 4.69) is 25.6 Å². The summed E-state index contributed by atoms with van der Waals surface area (Å²) in [5.41, 5.74) is 1.93. The van der Waals surface area contributed by atoms with Crippen LogP contribution in [0, 0.1) is 0 Å². The van der Waals surface area contributed by atoms with Crippen molar-refractivity contribution in [2.45, 2.75) is 19.3 Å². The minimum atomic E-state index is -1.22. The lowest BCUT2D eigenvalue weighted by Gasteiger charge is -2.28. The number of carbonyl (C=O) groups is 2. The standard InChI is InChI=1S/C17H18N6O4/c1-22-9-10(17(25)26)13(19-22)16(24)18-11-5-6-12(15-14(11)20-27-21-15)23-7-3-2-4-8-23/h5-6,9H,2-4,7-8H2,1H3,(H,18,24)(H,25,26). The molecule has 1 aromatic carbocycles. The maximum Gasteiger partial charge on any atom is 0.339 e. The number of nitrogens with zero attached hydrogens (tertiary/aromatic N) is 5. The van der Waals surface area contributed by atoms with E-state index in [1.807, 2.05) is 6.07 Å². The number of aryl methyl sites for hydroxylation is 1.